The third-order valence-corrected chi connectivity index (χ3v) is 3.42. The number of hydrogen-bond acceptors (Lipinski definition) is 3. The van der Waals surface area contributed by atoms with Crippen molar-refractivity contribution in [2.24, 2.45) is 16.6 Å². The first kappa shape index (κ1) is 17.6. The molecule has 6 heteroatoms. The van der Waals surface area contributed by atoms with E-state index in [0.29, 0.717) is 11.9 Å². The van der Waals surface area contributed by atoms with E-state index in [-0.39, 0.29) is 24.0 Å². The van der Waals surface area contributed by atoms with Gasteiger partial charge in [-0.2, -0.15) is 0 Å². The van der Waals surface area contributed by atoms with E-state index in [1.807, 2.05) is 6.92 Å². The lowest BCUT2D eigenvalue weighted by Gasteiger charge is -2.05. The monoisotopic (exact) mass is 382 g/mol. The van der Waals surface area contributed by atoms with Crippen molar-refractivity contribution in [3.8, 4) is 0 Å². The van der Waals surface area contributed by atoms with E-state index in [2.05, 4.69) is 36.1 Å². The quantitative estimate of drug-likeness (QED) is 0.467. The third kappa shape index (κ3) is 6.53. The van der Waals surface area contributed by atoms with E-state index in [9.17, 15) is 0 Å². The Morgan fingerprint density at radius 1 is 1.44 bits per heavy atom. The predicted octanol–water partition coefficient (Wildman–Crippen LogP) is 2.48. The van der Waals surface area contributed by atoms with Gasteiger partial charge in [0.1, 0.15) is 0 Å². The molecule has 0 aliphatic carbocycles. The minimum absolute atomic E-state index is 0. The van der Waals surface area contributed by atoms with Crippen molar-refractivity contribution in [3.05, 3.63) is 15.6 Å². The van der Waals surface area contributed by atoms with Crippen molar-refractivity contribution in [1.82, 2.24) is 10.3 Å². The summed E-state index contributed by atoms with van der Waals surface area (Å²) in [6, 6.07) is 0. The standard InChI is InChI=1S/C12H22N4S.HI/c1-8(2)7-15-12(13)14-6-5-11-9(3)16-10(4)17-11;/h8H,5-7H2,1-4H3,(H3,13,14,15);1H. The maximum Gasteiger partial charge on any atom is 0.188 e. The first-order valence-corrected chi connectivity index (χ1v) is 6.77. The number of aryl methyl sites for hydroxylation is 2. The van der Waals surface area contributed by atoms with Gasteiger partial charge in [-0.05, 0) is 19.8 Å². The molecule has 0 fully saturated rings. The summed E-state index contributed by atoms with van der Waals surface area (Å²) in [7, 11) is 0. The zero-order valence-electron chi connectivity index (χ0n) is 11.5. The number of halogens is 1. The lowest BCUT2D eigenvalue weighted by atomic mass is 10.2. The summed E-state index contributed by atoms with van der Waals surface area (Å²) in [6.45, 7) is 9.93. The fourth-order valence-corrected chi connectivity index (χ4v) is 2.38. The molecule has 1 aromatic heterocycles. The van der Waals surface area contributed by atoms with Crippen LogP contribution in [0.1, 0.15) is 29.4 Å². The molecule has 3 N–H and O–H groups in total. The highest BCUT2D eigenvalue weighted by molar-refractivity contribution is 14.0. The Bertz CT molecular complexity index is 387. The second-order valence-electron chi connectivity index (χ2n) is 4.54. The van der Waals surface area contributed by atoms with Crippen molar-refractivity contribution < 1.29 is 0 Å². The minimum Gasteiger partial charge on any atom is -0.370 e. The number of guanidine groups is 1. The van der Waals surface area contributed by atoms with Crippen LogP contribution in [0.5, 0.6) is 0 Å². The summed E-state index contributed by atoms with van der Waals surface area (Å²) >= 11 is 1.75. The molecule has 0 radical (unpaired) electrons. The van der Waals surface area contributed by atoms with Gasteiger partial charge in [0, 0.05) is 24.4 Å². The van der Waals surface area contributed by atoms with Crippen LogP contribution in [0.15, 0.2) is 4.99 Å². The summed E-state index contributed by atoms with van der Waals surface area (Å²) in [5.41, 5.74) is 6.89. The Balaban J connectivity index is 0.00000289. The number of hydrogen-bond donors (Lipinski definition) is 2. The summed E-state index contributed by atoms with van der Waals surface area (Å²) in [5, 5.41) is 4.25. The summed E-state index contributed by atoms with van der Waals surface area (Å²) in [4.78, 5) is 9.98. The van der Waals surface area contributed by atoms with Crippen molar-refractivity contribution in [2.45, 2.75) is 34.1 Å². The first-order chi connectivity index (χ1) is 7.99. The number of rotatable bonds is 5. The second kappa shape index (κ2) is 8.68. The van der Waals surface area contributed by atoms with Gasteiger partial charge in [-0.1, -0.05) is 13.8 Å². The lowest BCUT2D eigenvalue weighted by Crippen LogP contribution is -2.33. The Kier molecular flexibility index (Phi) is 8.51. The molecule has 1 heterocycles. The van der Waals surface area contributed by atoms with E-state index in [1.165, 1.54) is 4.88 Å². The molecular weight excluding hydrogens is 359 g/mol. The fourth-order valence-electron chi connectivity index (χ4n) is 1.45. The van der Waals surface area contributed by atoms with Crippen LogP contribution in [-0.4, -0.2) is 24.0 Å². The van der Waals surface area contributed by atoms with Gasteiger partial charge in [-0.25, -0.2) is 4.98 Å². The summed E-state index contributed by atoms with van der Waals surface area (Å²) < 4.78 is 0. The molecule has 0 unspecified atom stereocenters. The second-order valence-corrected chi connectivity index (χ2v) is 5.83. The largest absolute Gasteiger partial charge is 0.370 e. The van der Waals surface area contributed by atoms with Crippen LogP contribution < -0.4 is 11.1 Å². The number of aliphatic imine (C=N–C) groups is 1. The molecule has 0 atom stereocenters. The lowest BCUT2D eigenvalue weighted by molar-refractivity contribution is 0.661. The number of nitrogens with zero attached hydrogens (tertiary/aromatic N) is 2. The maximum absolute atomic E-state index is 5.76. The molecule has 0 amide bonds. The highest BCUT2D eigenvalue weighted by atomic mass is 127. The smallest absolute Gasteiger partial charge is 0.188 e. The van der Waals surface area contributed by atoms with Crippen molar-refractivity contribution in [2.75, 3.05) is 13.1 Å². The highest BCUT2D eigenvalue weighted by Gasteiger charge is 2.04. The summed E-state index contributed by atoms with van der Waals surface area (Å²) in [6.07, 6.45) is 0.954. The van der Waals surface area contributed by atoms with Gasteiger partial charge < -0.3 is 11.1 Å². The van der Waals surface area contributed by atoms with Gasteiger partial charge in [0.05, 0.1) is 10.7 Å². The van der Waals surface area contributed by atoms with Crippen LogP contribution in [0.2, 0.25) is 0 Å². The Morgan fingerprint density at radius 2 is 2.11 bits per heavy atom. The summed E-state index contributed by atoms with van der Waals surface area (Å²) in [5.74, 6) is 1.08. The third-order valence-electron chi connectivity index (χ3n) is 2.28. The van der Waals surface area contributed by atoms with E-state index in [1.54, 1.807) is 11.3 Å². The molecule has 0 bridgehead atoms. The van der Waals surface area contributed by atoms with E-state index >= 15 is 0 Å². The number of nitrogens with two attached hydrogens (primary N) is 1. The van der Waals surface area contributed by atoms with E-state index < -0.39 is 0 Å². The normalized spacial score (nSPS) is 11.5. The molecule has 104 valence electrons. The van der Waals surface area contributed by atoms with Crippen LogP contribution in [0.25, 0.3) is 0 Å². The van der Waals surface area contributed by atoms with Gasteiger partial charge in [0.25, 0.3) is 0 Å². The van der Waals surface area contributed by atoms with Crippen LogP contribution in [0, 0.1) is 19.8 Å². The van der Waals surface area contributed by atoms with Gasteiger partial charge >= 0.3 is 0 Å². The van der Waals surface area contributed by atoms with Crippen molar-refractivity contribution in [1.29, 1.82) is 0 Å². The zero-order valence-corrected chi connectivity index (χ0v) is 14.6. The Hall–Kier alpha value is -0.370. The molecule has 1 rings (SSSR count). The maximum atomic E-state index is 5.76. The van der Waals surface area contributed by atoms with E-state index in [0.717, 1.165) is 30.2 Å². The molecule has 18 heavy (non-hydrogen) atoms. The molecule has 1 aromatic rings. The molecule has 0 saturated heterocycles. The van der Waals surface area contributed by atoms with Crippen molar-refractivity contribution in [3.63, 3.8) is 0 Å². The molecule has 0 saturated carbocycles. The van der Waals surface area contributed by atoms with Gasteiger partial charge in [0.15, 0.2) is 5.96 Å². The molecule has 4 nitrogen and oxygen atoms in total. The molecular formula is C12H23IN4S. The minimum atomic E-state index is 0. The topological polar surface area (TPSA) is 63.3 Å². The van der Waals surface area contributed by atoms with Crippen LogP contribution in [0.4, 0.5) is 0 Å². The highest BCUT2D eigenvalue weighted by Crippen LogP contribution is 2.16. The fraction of sp³-hybridized carbons (Fsp3) is 0.667. The van der Waals surface area contributed by atoms with E-state index in [4.69, 9.17) is 5.73 Å². The Morgan fingerprint density at radius 3 is 2.61 bits per heavy atom. The molecule has 0 aromatic carbocycles. The van der Waals surface area contributed by atoms with Gasteiger partial charge in [-0.15, -0.1) is 35.3 Å². The Labute approximate surface area is 131 Å². The molecule has 0 aliphatic heterocycles. The number of thiazole rings is 1. The first-order valence-electron chi connectivity index (χ1n) is 5.95. The zero-order chi connectivity index (χ0) is 12.8. The molecule has 0 spiro atoms. The SMILES string of the molecule is Cc1nc(C)c(CCNC(N)=NCC(C)C)s1.I. The predicted molar refractivity (Wildman–Crippen MR) is 90.0 cm³/mol. The van der Waals surface area contributed by atoms with Crippen LogP contribution >= 0.6 is 35.3 Å². The number of aromatic nitrogens is 1. The van der Waals surface area contributed by atoms with Crippen molar-refractivity contribution >= 4 is 41.3 Å². The van der Waals surface area contributed by atoms with Gasteiger partial charge in [-0.3, -0.25) is 4.99 Å². The number of nitrogens with one attached hydrogen (secondary N) is 1. The average molecular weight is 382 g/mol. The van der Waals surface area contributed by atoms with Crippen LogP contribution in [-0.2, 0) is 6.42 Å². The molecule has 0 aliphatic rings. The van der Waals surface area contributed by atoms with Crippen LogP contribution in [0.3, 0.4) is 0 Å². The average Bonchev–Trinajstić information content (AvgIpc) is 2.55. The van der Waals surface area contributed by atoms with Gasteiger partial charge in [0.2, 0.25) is 0 Å².